The zero-order chi connectivity index (χ0) is 22.5. The fraction of sp³-hybridized carbons (Fsp3) is 0.231. The smallest absolute Gasteiger partial charge is 0.224 e. The minimum Gasteiger partial charge on any atom is -0.497 e. The molecule has 0 saturated heterocycles. The molecule has 1 N–H and O–H groups in total. The van der Waals surface area contributed by atoms with Crippen LogP contribution in [-0.2, 0) is 17.8 Å². The number of benzene rings is 3. The van der Waals surface area contributed by atoms with E-state index < -0.39 is 0 Å². The van der Waals surface area contributed by atoms with Crippen LogP contribution in [0.15, 0.2) is 72.8 Å². The van der Waals surface area contributed by atoms with E-state index in [1.807, 2.05) is 79.7 Å². The summed E-state index contributed by atoms with van der Waals surface area (Å²) in [5.74, 6) is 2.35. The third-order valence-corrected chi connectivity index (χ3v) is 5.49. The molecule has 1 unspecified atom stereocenters. The summed E-state index contributed by atoms with van der Waals surface area (Å²) in [6.45, 7) is 2.56. The lowest BCUT2D eigenvalue weighted by molar-refractivity contribution is -0.121. The molecule has 0 spiro atoms. The summed E-state index contributed by atoms with van der Waals surface area (Å²) in [5.41, 5.74) is 3.90. The van der Waals surface area contributed by atoms with Gasteiger partial charge in [-0.1, -0.05) is 42.5 Å². The molecule has 3 aromatic carbocycles. The molecule has 1 aromatic heterocycles. The van der Waals surface area contributed by atoms with Crippen LogP contribution in [0.25, 0.3) is 11.0 Å². The first-order valence-electron chi connectivity index (χ1n) is 10.6. The number of methoxy groups -OCH3 is 2. The SMILES string of the molecule is COc1ccc(CC(=O)NC(C)c2nc3ccccc3n2Cc2ccccc2OC)cc1. The van der Waals surface area contributed by atoms with Crippen LogP contribution >= 0.6 is 0 Å². The van der Waals surface area contributed by atoms with Crippen molar-refractivity contribution >= 4 is 16.9 Å². The van der Waals surface area contributed by atoms with Gasteiger partial charge in [0.1, 0.15) is 17.3 Å². The summed E-state index contributed by atoms with van der Waals surface area (Å²) in [7, 11) is 3.30. The zero-order valence-corrected chi connectivity index (χ0v) is 18.5. The molecular formula is C26H27N3O3. The number of carbonyl (C=O) groups excluding carboxylic acids is 1. The predicted octanol–water partition coefficient (Wildman–Crippen LogP) is 4.52. The highest BCUT2D eigenvalue weighted by Gasteiger charge is 2.19. The number of hydrogen-bond donors (Lipinski definition) is 1. The molecule has 1 atom stereocenters. The standard InChI is InChI=1S/C26H27N3O3/c1-18(27-25(30)16-19-12-14-21(31-2)15-13-19)26-28-22-9-5-6-10-23(22)29(26)17-20-8-4-7-11-24(20)32-3/h4-15,18H,16-17H2,1-3H3,(H,27,30). The van der Waals surface area contributed by atoms with Crippen LogP contribution in [0.1, 0.15) is 29.9 Å². The van der Waals surface area contributed by atoms with Crippen molar-refractivity contribution in [3.63, 3.8) is 0 Å². The second kappa shape index (κ2) is 9.56. The van der Waals surface area contributed by atoms with Crippen LogP contribution in [0, 0.1) is 0 Å². The summed E-state index contributed by atoms with van der Waals surface area (Å²) < 4.78 is 12.9. The average molecular weight is 430 g/mol. The Kier molecular flexibility index (Phi) is 6.40. The first-order chi connectivity index (χ1) is 15.6. The fourth-order valence-corrected chi connectivity index (χ4v) is 3.88. The number of nitrogens with one attached hydrogen (secondary N) is 1. The number of nitrogens with zero attached hydrogens (tertiary/aromatic N) is 2. The van der Waals surface area contributed by atoms with E-state index in [2.05, 4.69) is 9.88 Å². The highest BCUT2D eigenvalue weighted by molar-refractivity contribution is 5.80. The average Bonchev–Trinajstić information content (AvgIpc) is 3.18. The number of hydrogen-bond acceptors (Lipinski definition) is 4. The van der Waals surface area contributed by atoms with E-state index >= 15 is 0 Å². The molecule has 0 aliphatic carbocycles. The number of para-hydroxylation sites is 3. The van der Waals surface area contributed by atoms with Crippen LogP contribution in [0.4, 0.5) is 0 Å². The summed E-state index contributed by atoms with van der Waals surface area (Å²) in [6, 6.07) is 23.2. The summed E-state index contributed by atoms with van der Waals surface area (Å²) in [4.78, 5) is 17.6. The minimum atomic E-state index is -0.261. The normalized spacial score (nSPS) is 11.8. The van der Waals surface area contributed by atoms with E-state index in [1.54, 1.807) is 14.2 Å². The number of fused-ring (bicyclic) bond motifs is 1. The Morgan fingerprint density at radius 2 is 1.69 bits per heavy atom. The molecule has 164 valence electrons. The van der Waals surface area contributed by atoms with E-state index in [0.717, 1.165) is 39.5 Å². The fourth-order valence-electron chi connectivity index (χ4n) is 3.88. The van der Waals surface area contributed by atoms with Crippen molar-refractivity contribution in [1.29, 1.82) is 0 Å². The van der Waals surface area contributed by atoms with Gasteiger partial charge in [0.2, 0.25) is 5.91 Å². The van der Waals surface area contributed by atoms with Crippen molar-refractivity contribution in [1.82, 2.24) is 14.9 Å². The molecule has 0 aliphatic rings. The minimum absolute atomic E-state index is 0.0569. The first-order valence-corrected chi connectivity index (χ1v) is 10.6. The van der Waals surface area contributed by atoms with E-state index in [0.29, 0.717) is 13.0 Å². The third kappa shape index (κ3) is 4.59. The van der Waals surface area contributed by atoms with Crippen molar-refractivity contribution < 1.29 is 14.3 Å². The molecule has 6 nitrogen and oxygen atoms in total. The van der Waals surface area contributed by atoms with Crippen molar-refractivity contribution in [3.8, 4) is 11.5 Å². The largest absolute Gasteiger partial charge is 0.497 e. The van der Waals surface area contributed by atoms with Crippen LogP contribution in [-0.4, -0.2) is 29.7 Å². The maximum atomic E-state index is 12.7. The van der Waals surface area contributed by atoms with Gasteiger partial charge in [-0.3, -0.25) is 4.79 Å². The lowest BCUT2D eigenvalue weighted by Gasteiger charge is -2.17. The van der Waals surface area contributed by atoms with Crippen LogP contribution in [0.3, 0.4) is 0 Å². The Balaban J connectivity index is 1.58. The van der Waals surface area contributed by atoms with E-state index in [4.69, 9.17) is 14.5 Å². The molecule has 0 aliphatic heterocycles. The second-order valence-corrected chi connectivity index (χ2v) is 7.67. The Hall–Kier alpha value is -3.80. The number of aromatic nitrogens is 2. The van der Waals surface area contributed by atoms with Gasteiger partial charge in [0.15, 0.2) is 0 Å². The number of rotatable bonds is 8. The molecule has 32 heavy (non-hydrogen) atoms. The van der Waals surface area contributed by atoms with E-state index in [-0.39, 0.29) is 11.9 Å². The number of imidazole rings is 1. The van der Waals surface area contributed by atoms with Crippen LogP contribution < -0.4 is 14.8 Å². The van der Waals surface area contributed by atoms with Gasteiger partial charge in [0.05, 0.1) is 44.3 Å². The monoisotopic (exact) mass is 429 g/mol. The third-order valence-electron chi connectivity index (χ3n) is 5.49. The maximum Gasteiger partial charge on any atom is 0.224 e. The molecule has 6 heteroatoms. The van der Waals surface area contributed by atoms with Crippen molar-refractivity contribution in [2.45, 2.75) is 25.9 Å². The molecule has 0 saturated carbocycles. The zero-order valence-electron chi connectivity index (χ0n) is 18.5. The Morgan fingerprint density at radius 3 is 2.44 bits per heavy atom. The van der Waals surface area contributed by atoms with Gasteiger partial charge in [-0.15, -0.1) is 0 Å². The van der Waals surface area contributed by atoms with Gasteiger partial charge in [-0.25, -0.2) is 4.98 Å². The molecule has 1 heterocycles. The van der Waals surface area contributed by atoms with Gasteiger partial charge in [-0.2, -0.15) is 0 Å². The highest BCUT2D eigenvalue weighted by Crippen LogP contribution is 2.25. The molecular weight excluding hydrogens is 402 g/mol. The summed E-state index contributed by atoms with van der Waals surface area (Å²) >= 11 is 0. The van der Waals surface area contributed by atoms with Crippen LogP contribution in [0.5, 0.6) is 11.5 Å². The topological polar surface area (TPSA) is 65.4 Å². The summed E-state index contributed by atoms with van der Waals surface area (Å²) in [6.07, 6.45) is 0.293. The van der Waals surface area contributed by atoms with E-state index in [9.17, 15) is 4.79 Å². The van der Waals surface area contributed by atoms with Crippen molar-refractivity contribution in [2.24, 2.45) is 0 Å². The highest BCUT2D eigenvalue weighted by atomic mass is 16.5. The molecule has 4 rings (SSSR count). The molecule has 4 aromatic rings. The predicted molar refractivity (Wildman–Crippen MR) is 125 cm³/mol. The van der Waals surface area contributed by atoms with Crippen LogP contribution in [0.2, 0.25) is 0 Å². The molecule has 0 bridgehead atoms. The van der Waals surface area contributed by atoms with Gasteiger partial charge in [0.25, 0.3) is 0 Å². The lowest BCUT2D eigenvalue weighted by Crippen LogP contribution is -2.30. The first kappa shape index (κ1) is 21.4. The Labute approximate surface area is 187 Å². The van der Waals surface area contributed by atoms with Crippen molar-refractivity contribution in [3.05, 3.63) is 89.7 Å². The number of carbonyl (C=O) groups is 1. The number of ether oxygens (including phenoxy) is 2. The molecule has 0 radical (unpaired) electrons. The van der Waals surface area contributed by atoms with E-state index in [1.165, 1.54) is 0 Å². The molecule has 1 amide bonds. The second-order valence-electron chi connectivity index (χ2n) is 7.67. The van der Waals surface area contributed by atoms with Gasteiger partial charge < -0.3 is 19.4 Å². The van der Waals surface area contributed by atoms with Gasteiger partial charge >= 0.3 is 0 Å². The number of amides is 1. The maximum absolute atomic E-state index is 12.7. The summed E-state index contributed by atoms with van der Waals surface area (Å²) in [5, 5.41) is 3.10. The quantitative estimate of drug-likeness (QED) is 0.447. The molecule has 0 fully saturated rings. The lowest BCUT2D eigenvalue weighted by atomic mass is 10.1. The van der Waals surface area contributed by atoms with Crippen molar-refractivity contribution in [2.75, 3.05) is 14.2 Å². The Bertz CT molecular complexity index is 1210. The van der Waals surface area contributed by atoms with Gasteiger partial charge in [0, 0.05) is 5.56 Å². The Morgan fingerprint density at radius 1 is 0.969 bits per heavy atom. The van der Waals surface area contributed by atoms with Gasteiger partial charge in [-0.05, 0) is 42.8 Å².